The van der Waals surface area contributed by atoms with E-state index < -0.39 is 0 Å². The molecule has 0 aliphatic heterocycles. The lowest BCUT2D eigenvalue weighted by Gasteiger charge is -2.12. The topological polar surface area (TPSA) is 26.0 Å². The highest BCUT2D eigenvalue weighted by Crippen LogP contribution is 2.19. The predicted molar refractivity (Wildman–Crippen MR) is 99.2 cm³/mol. The third-order valence-corrected chi connectivity index (χ3v) is 4.62. The first-order valence-electron chi connectivity index (χ1n) is 9.56. The molecule has 1 aromatic carbocycles. The van der Waals surface area contributed by atoms with E-state index in [1.165, 1.54) is 81.8 Å². The average molecular weight is 304 g/mol. The van der Waals surface area contributed by atoms with Gasteiger partial charge >= 0.3 is 0 Å². The quantitative estimate of drug-likeness (QED) is 0.403. The first-order valence-corrected chi connectivity index (χ1v) is 9.56. The van der Waals surface area contributed by atoms with Gasteiger partial charge in [-0.15, -0.1) is 0 Å². The molecule has 1 heteroatoms. The summed E-state index contributed by atoms with van der Waals surface area (Å²) in [5, 5.41) is 0. The summed E-state index contributed by atoms with van der Waals surface area (Å²) in [6, 6.07) is 8.90. The molecule has 0 bridgehead atoms. The van der Waals surface area contributed by atoms with Crippen molar-refractivity contribution in [3.05, 3.63) is 35.4 Å². The molecule has 126 valence electrons. The Balaban J connectivity index is 1.92. The van der Waals surface area contributed by atoms with E-state index in [0.29, 0.717) is 0 Å². The highest BCUT2D eigenvalue weighted by Gasteiger charge is 2.04. The number of nitrogens with two attached hydrogens (primary N) is 1. The molecule has 0 aliphatic carbocycles. The van der Waals surface area contributed by atoms with Crippen LogP contribution in [0.25, 0.3) is 0 Å². The van der Waals surface area contributed by atoms with Crippen molar-refractivity contribution in [2.24, 2.45) is 5.73 Å². The van der Waals surface area contributed by atoms with Gasteiger partial charge in [0, 0.05) is 6.04 Å². The van der Waals surface area contributed by atoms with Gasteiger partial charge in [0.05, 0.1) is 0 Å². The Morgan fingerprint density at radius 3 is 1.68 bits per heavy atom. The van der Waals surface area contributed by atoms with Crippen LogP contribution in [-0.4, -0.2) is 0 Å². The maximum absolute atomic E-state index is 6.27. The van der Waals surface area contributed by atoms with E-state index in [9.17, 15) is 0 Å². The van der Waals surface area contributed by atoms with Crippen LogP contribution in [0.4, 0.5) is 0 Å². The van der Waals surface area contributed by atoms with Gasteiger partial charge in [0.2, 0.25) is 0 Å². The van der Waals surface area contributed by atoms with Crippen molar-refractivity contribution >= 4 is 0 Å². The molecule has 0 amide bonds. The van der Waals surface area contributed by atoms with Crippen LogP contribution in [0.3, 0.4) is 0 Å². The van der Waals surface area contributed by atoms with Crippen LogP contribution in [0, 0.1) is 6.92 Å². The molecule has 1 atom stereocenters. The van der Waals surface area contributed by atoms with Gasteiger partial charge in [0.25, 0.3) is 0 Å². The molecule has 0 fully saturated rings. The maximum Gasteiger partial charge on any atom is 0.0294 e. The van der Waals surface area contributed by atoms with Gasteiger partial charge in [-0.2, -0.15) is 0 Å². The van der Waals surface area contributed by atoms with Crippen molar-refractivity contribution in [3.8, 4) is 0 Å². The molecule has 0 heterocycles. The highest BCUT2D eigenvalue weighted by atomic mass is 14.6. The largest absolute Gasteiger partial charge is 0.324 e. The molecule has 0 saturated heterocycles. The zero-order chi connectivity index (χ0) is 16.0. The summed E-state index contributed by atoms with van der Waals surface area (Å²) in [4.78, 5) is 0. The van der Waals surface area contributed by atoms with E-state index in [1.807, 2.05) is 0 Å². The fourth-order valence-corrected chi connectivity index (χ4v) is 3.01. The van der Waals surface area contributed by atoms with E-state index in [1.54, 1.807) is 0 Å². The minimum absolute atomic E-state index is 0.221. The summed E-state index contributed by atoms with van der Waals surface area (Å²) in [6.07, 6.45) is 16.5. The second kappa shape index (κ2) is 12.7. The van der Waals surface area contributed by atoms with Crippen molar-refractivity contribution in [2.45, 2.75) is 96.9 Å². The van der Waals surface area contributed by atoms with E-state index >= 15 is 0 Å². The van der Waals surface area contributed by atoms with Crippen LogP contribution in [0.15, 0.2) is 24.3 Å². The van der Waals surface area contributed by atoms with Crippen molar-refractivity contribution < 1.29 is 0 Å². The maximum atomic E-state index is 6.27. The minimum atomic E-state index is 0.221. The fourth-order valence-electron chi connectivity index (χ4n) is 3.01. The Hall–Kier alpha value is -0.820. The number of hydrogen-bond donors (Lipinski definition) is 1. The lowest BCUT2D eigenvalue weighted by Crippen LogP contribution is -2.09. The first-order chi connectivity index (χ1) is 10.7. The summed E-state index contributed by atoms with van der Waals surface area (Å²) >= 11 is 0. The van der Waals surface area contributed by atoms with Crippen molar-refractivity contribution in [2.75, 3.05) is 0 Å². The molecular formula is C21H37N. The molecule has 1 nitrogen and oxygen atoms in total. The van der Waals surface area contributed by atoms with Gasteiger partial charge in [-0.1, -0.05) is 107 Å². The van der Waals surface area contributed by atoms with Gasteiger partial charge in [-0.05, 0) is 18.9 Å². The van der Waals surface area contributed by atoms with Crippen LogP contribution in [0.5, 0.6) is 0 Å². The molecule has 1 aromatic rings. The van der Waals surface area contributed by atoms with Gasteiger partial charge in [0.1, 0.15) is 0 Å². The summed E-state index contributed by atoms with van der Waals surface area (Å²) in [6.45, 7) is 4.41. The Bertz CT molecular complexity index is 355. The van der Waals surface area contributed by atoms with Crippen LogP contribution in [0.2, 0.25) is 0 Å². The summed E-state index contributed by atoms with van der Waals surface area (Å²) in [5.41, 5.74) is 8.87. The molecule has 22 heavy (non-hydrogen) atoms. The predicted octanol–water partition coefficient (Wildman–Crippen LogP) is 6.70. The van der Waals surface area contributed by atoms with Gasteiger partial charge in [-0.3, -0.25) is 0 Å². The molecule has 0 saturated carbocycles. The Morgan fingerprint density at radius 2 is 1.18 bits per heavy atom. The Labute approximate surface area is 138 Å². The molecule has 0 aromatic heterocycles. The number of aryl methyl sites for hydroxylation is 1. The van der Waals surface area contributed by atoms with Crippen LogP contribution < -0.4 is 5.73 Å². The van der Waals surface area contributed by atoms with Crippen LogP contribution in [-0.2, 0) is 0 Å². The third kappa shape index (κ3) is 9.25. The molecule has 0 unspecified atom stereocenters. The number of benzene rings is 1. The highest BCUT2D eigenvalue weighted by molar-refractivity contribution is 5.23. The zero-order valence-electron chi connectivity index (χ0n) is 14.9. The van der Waals surface area contributed by atoms with Crippen LogP contribution in [0.1, 0.15) is 101 Å². The molecular weight excluding hydrogens is 266 g/mol. The van der Waals surface area contributed by atoms with E-state index in [0.717, 1.165) is 6.42 Å². The smallest absolute Gasteiger partial charge is 0.0294 e. The first kappa shape index (κ1) is 19.2. The molecule has 0 spiro atoms. The van der Waals surface area contributed by atoms with Gasteiger partial charge in [-0.25, -0.2) is 0 Å². The second-order valence-corrected chi connectivity index (χ2v) is 6.84. The zero-order valence-corrected chi connectivity index (χ0v) is 14.9. The molecule has 1 rings (SSSR count). The molecule has 0 aliphatic rings. The summed E-state index contributed by atoms with van der Waals surface area (Å²) in [5.74, 6) is 0. The fraction of sp³-hybridized carbons (Fsp3) is 0.714. The van der Waals surface area contributed by atoms with Crippen molar-refractivity contribution in [1.29, 1.82) is 0 Å². The van der Waals surface area contributed by atoms with Crippen molar-refractivity contribution in [3.63, 3.8) is 0 Å². The monoisotopic (exact) mass is 303 g/mol. The number of rotatable bonds is 13. The van der Waals surface area contributed by atoms with E-state index in [-0.39, 0.29) is 6.04 Å². The SMILES string of the molecule is CCCCCCCCCCCCC[C@@H](N)c1ccc(C)cc1. The summed E-state index contributed by atoms with van der Waals surface area (Å²) < 4.78 is 0. The normalized spacial score (nSPS) is 12.5. The van der Waals surface area contributed by atoms with Crippen molar-refractivity contribution in [1.82, 2.24) is 0 Å². The average Bonchev–Trinajstić information content (AvgIpc) is 2.53. The Morgan fingerprint density at radius 1 is 0.727 bits per heavy atom. The molecule has 2 N–H and O–H groups in total. The summed E-state index contributed by atoms with van der Waals surface area (Å²) in [7, 11) is 0. The number of unbranched alkanes of at least 4 members (excludes halogenated alkanes) is 10. The lowest BCUT2D eigenvalue weighted by atomic mass is 9.99. The lowest BCUT2D eigenvalue weighted by molar-refractivity contribution is 0.526. The Kier molecular flexibility index (Phi) is 11.1. The minimum Gasteiger partial charge on any atom is -0.324 e. The van der Waals surface area contributed by atoms with Gasteiger partial charge < -0.3 is 5.73 Å². The second-order valence-electron chi connectivity index (χ2n) is 6.84. The number of hydrogen-bond acceptors (Lipinski definition) is 1. The molecule has 0 radical (unpaired) electrons. The van der Waals surface area contributed by atoms with E-state index in [2.05, 4.69) is 38.1 Å². The standard InChI is InChI=1S/C21H37N/c1-3-4-5-6-7-8-9-10-11-12-13-14-21(22)20-17-15-19(2)16-18-20/h15-18,21H,3-14,22H2,1-2H3/t21-/m1/s1. The van der Waals surface area contributed by atoms with Crippen LogP contribution >= 0.6 is 0 Å². The van der Waals surface area contributed by atoms with E-state index in [4.69, 9.17) is 5.73 Å². The third-order valence-electron chi connectivity index (χ3n) is 4.62. The van der Waals surface area contributed by atoms with Gasteiger partial charge in [0.15, 0.2) is 0 Å².